The van der Waals surface area contributed by atoms with Crippen LogP contribution < -0.4 is 10.1 Å². The minimum atomic E-state index is -0.0636. The Morgan fingerprint density at radius 2 is 1.75 bits per heavy atom. The van der Waals surface area contributed by atoms with E-state index < -0.39 is 0 Å². The van der Waals surface area contributed by atoms with Gasteiger partial charge in [-0.3, -0.25) is 0 Å². The standard InChI is InChI=1S/C19H22N2O3/c1-23-12-11-20-19(22)21-13-18(14-21)24-17-9-7-16(8-10-17)15-5-3-2-4-6-15/h2-10,18H,11-14H2,1H3,(H,20,22). The molecule has 0 bridgehead atoms. The highest BCUT2D eigenvalue weighted by atomic mass is 16.5. The summed E-state index contributed by atoms with van der Waals surface area (Å²) in [4.78, 5) is 13.5. The molecular formula is C19H22N2O3. The van der Waals surface area contributed by atoms with Crippen LogP contribution in [0, 0.1) is 0 Å². The van der Waals surface area contributed by atoms with Crippen LogP contribution >= 0.6 is 0 Å². The van der Waals surface area contributed by atoms with Gasteiger partial charge in [-0.1, -0.05) is 42.5 Å². The number of amides is 2. The van der Waals surface area contributed by atoms with E-state index in [0.29, 0.717) is 26.2 Å². The van der Waals surface area contributed by atoms with Gasteiger partial charge in [0.05, 0.1) is 19.7 Å². The molecule has 2 aromatic rings. The minimum absolute atomic E-state index is 0.0563. The van der Waals surface area contributed by atoms with Crippen LogP contribution in [0.3, 0.4) is 0 Å². The van der Waals surface area contributed by atoms with Crippen LogP contribution in [0.5, 0.6) is 5.75 Å². The number of rotatable bonds is 6. The Morgan fingerprint density at radius 3 is 2.42 bits per heavy atom. The lowest BCUT2D eigenvalue weighted by atomic mass is 10.1. The highest BCUT2D eigenvalue weighted by Gasteiger charge is 2.32. The normalized spacial score (nSPS) is 14.1. The molecule has 1 N–H and O–H groups in total. The fourth-order valence-corrected chi connectivity index (χ4v) is 2.60. The summed E-state index contributed by atoms with van der Waals surface area (Å²) in [5, 5.41) is 2.80. The molecule has 1 fully saturated rings. The van der Waals surface area contributed by atoms with E-state index in [2.05, 4.69) is 29.6 Å². The van der Waals surface area contributed by atoms with Crippen molar-refractivity contribution in [2.24, 2.45) is 0 Å². The van der Waals surface area contributed by atoms with E-state index in [9.17, 15) is 4.79 Å². The number of urea groups is 1. The summed E-state index contributed by atoms with van der Waals surface area (Å²) in [7, 11) is 1.61. The molecular weight excluding hydrogens is 304 g/mol. The molecule has 0 aliphatic carbocycles. The molecule has 1 aliphatic rings. The van der Waals surface area contributed by atoms with Crippen LogP contribution in [-0.4, -0.2) is 50.4 Å². The number of nitrogens with one attached hydrogen (secondary N) is 1. The lowest BCUT2D eigenvalue weighted by Gasteiger charge is -2.38. The van der Waals surface area contributed by atoms with Gasteiger partial charge in [-0.25, -0.2) is 4.79 Å². The first-order valence-electron chi connectivity index (χ1n) is 8.10. The molecule has 3 rings (SSSR count). The first-order chi connectivity index (χ1) is 11.8. The van der Waals surface area contributed by atoms with Crippen molar-refractivity contribution in [3.05, 3.63) is 54.6 Å². The molecule has 2 amide bonds. The molecule has 0 spiro atoms. The van der Waals surface area contributed by atoms with Gasteiger partial charge in [0, 0.05) is 13.7 Å². The Morgan fingerprint density at radius 1 is 1.08 bits per heavy atom. The minimum Gasteiger partial charge on any atom is -0.487 e. The Balaban J connectivity index is 1.46. The predicted octanol–water partition coefficient (Wildman–Crippen LogP) is 2.77. The highest BCUT2D eigenvalue weighted by molar-refractivity contribution is 5.75. The number of hydrogen-bond donors (Lipinski definition) is 1. The van der Waals surface area contributed by atoms with Crippen LogP contribution in [0.25, 0.3) is 11.1 Å². The summed E-state index contributed by atoms with van der Waals surface area (Å²) in [5.41, 5.74) is 2.35. The molecule has 1 saturated heterocycles. The summed E-state index contributed by atoms with van der Waals surface area (Å²) < 4.78 is 10.8. The zero-order valence-electron chi connectivity index (χ0n) is 13.8. The topological polar surface area (TPSA) is 50.8 Å². The van der Waals surface area contributed by atoms with Crippen LogP contribution in [0.4, 0.5) is 4.79 Å². The molecule has 24 heavy (non-hydrogen) atoms. The van der Waals surface area contributed by atoms with Crippen molar-refractivity contribution in [2.45, 2.75) is 6.10 Å². The first kappa shape index (κ1) is 16.3. The summed E-state index contributed by atoms with van der Waals surface area (Å²) in [6, 6.07) is 18.2. The average Bonchev–Trinajstić information content (AvgIpc) is 2.59. The van der Waals surface area contributed by atoms with Gasteiger partial charge < -0.3 is 19.7 Å². The van der Waals surface area contributed by atoms with Gasteiger partial charge in [-0.15, -0.1) is 0 Å². The molecule has 1 aliphatic heterocycles. The van der Waals surface area contributed by atoms with Crippen LogP contribution in [0.2, 0.25) is 0 Å². The fraction of sp³-hybridized carbons (Fsp3) is 0.316. The highest BCUT2D eigenvalue weighted by Crippen LogP contribution is 2.24. The van der Waals surface area contributed by atoms with Crippen molar-refractivity contribution in [3.8, 4) is 16.9 Å². The van der Waals surface area contributed by atoms with Gasteiger partial charge in [0.15, 0.2) is 0 Å². The van der Waals surface area contributed by atoms with Crippen LogP contribution in [-0.2, 0) is 4.74 Å². The van der Waals surface area contributed by atoms with Crippen molar-refractivity contribution >= 4 is 6.03 Å². The van der Waals surface area contributed by atoms with Gasteiger partial charge in [0.2, 0.25) is 0 Å². The molecule has 5 heteroatoms. The Bertz CT molecular complexity index is 652. The first-order valence-corrected chi connectivity index (χ1v) is 8.10. The molecule has 0 unspecified atom stereocenters. The van der Waals surface area contributed by atoms with Gasteiger partial charge in [-0.05, 0) is 23.3 Å². The SMILES string of the molecule is COCCNC(=O)N1CC(Oc2ccc(-c3ccccc3)cc2)C1. The second-order valence-electron chi connectivity index (χ2n) is 5.76. The Hall–Kier alpha value is -2.53. The number of carbonyl (C=O) groups is 1. The second-order valence-corrected chi connectivity index (χ2v) is 5.76. The van der Waals surface area contributed by atoms with Crippen LogP contribution in [0.15, 0.2) is 54.6 Å². The maximum absolute atomic E-state index is 11.8. The van der Waals surface area contributed by atoms with Crippen molar-refractivity contribution in [2.75, 3.05) is 33.4 Å². The monoisotopic (exact) mass is 326 g/mol. The van der Waals surface area contributed by atoms with Crippen molar-refractivity contribution in [1.82, 2.24) is 10.2 Å². The van der Waals surface area contributed by atoms with E-state index in [1.54, 1.807) is 12.0 Å². The Kier molecular flexibility index (Phi) is 5.33. The molecule has 0 aromatic heterocycles. The molecule has 126 valence electrons. The van der Waals surface area contributed by atoms with Crippen molar-refractivity contribution in [1.29, 1.82) is 0 Å². The number of hydrogen-bond acceptors (Lipinski definition) is 3. The van der Waals surface area contributed by atoms with Crippen molar-refractivity contribution < 1.29 is 14.3 Å². The molecule has 2 aromatic carbocycles. The number of carbonyl (C=O) groups excluding carboxylic acids is 1. The summed E-state index contributed by atoms with van der Waals surface area (Å²) in [6.07, 6.45) is 0.0563. The number of nitrogens with zero attached hydrogens (tertiary/aromatic N) is 1. The molecule has 0 atom stereocenters. The lowest BCUT2D eigenvalue weighted by molar-refractivity contribution is 0.0438. The van der Waals surface area contributed by atoms with E-state index in [1.807, 2.05) is 30.3 Å². The predicted molar refractivity (Wildman–Crippen MR) is 93.1 cm³/mol. The maximum Gasteiger partial charge on any atom is 0.317 e. The maximum atomic E-state index is 11.8. The largest absolute Gasteiger partial charge is 0.487 e. The average molecular weight is 326 g/mol. The van der Waals surface area contributed by atoms with Gasteiger partial charge >= 0.3 is 6.03 Å². The molecule has 1 heterocycles. The van der Waals surface area contributed by atoms with E-state index in [0.717, 1.165) is 11.3 Å². The smallest absolute Gasteiger partial charge is 0.317 e. The molecule has 0 saturated carbocycles. The van der Waals surface area contributed by atoms with E-state index in [1.165, 1.54) is 5.56 Å². The van der Waals surface area contributed by atoms with E-state index in [4.69, 9.17) is 9.47 Å². The molecule has 5 nitrogen and oxygen atoms in total. The van der Waals surface area contributed by atoms with E-state index in [-0.39, 0.29) is 12.1 Å². The molecule has 0 radical (unpaired) electrons. The zero-order chi connectivity index (χ0) is 16.8. The van der Waals surface area contributed by atoms with Crippen molar-refractivity contribution in [3.63, 3.8) is 0 Å². The lowest BCUT2D eigenvalue weighted by Crippen LogP contribution is -2.59. The Labute approximate surface area is 142 Å². The number of ether oxygens (including phenoxy) is 2. The third-order valence-electron chi connectivity index (χ3n) is 3.98. The van der Waals surface area contributed by atoms with Crippen LogP contribution in [0.1, 0.15) is 0 Å². The second kappa shape index (κ2) is 7.84. The summed E-state index contributed by atoms with van der Waals surface area (Å²) in [5.74, 6) is 0.833. The fourth-order valence-electron chi connectivity index (χ4n) is 2.60. The van der Waals surface area contributed by atoms with E-state index >= 15 is 0 Å². The number of methoxy groups -OCH3 is 1. The summed E-state index contributed by atoms with van der Waals surface area (Å²) >= 11 is 0. The zero-order valence-corrected chi connectivity index (χ0v) is 13.8. The quantitative estimate of drug-likeness (QED) is 0.831. The number of likely N-dealkylation sites (tertiary alicyclic amines) is 1. The third-order valence-corrected chi connectivity index (χ3v) is 3.98. The van der Waals surface area contributed by atoms with Gasteiger partial charge in [0.25, 0.3) is 0 Å². The number of benzene rings is 2. The van der Waals surface area contributed by atoms with Gasteiger partial charge in [-0.2, -0.15) is 0 Å². The third kappa shape index (κ3) is 4.06. The van der Waals surface area contributed by atoms with Gasteiger partial charge in [0.1, 0.15) is 11.9 Å². The summed E-state index contributed by atoms with van der Waals surface area (Å²) in [6.45, 7) is 2.27.